The summed E-state index contributed by atoms with van der Waals surface area (Å²) in [6, 6.07) is 20.6. The molecule has 2 amide bonds. The van der Waals surface area contributed by atoms with Crippen molar-refractivity contribution in [3.63, 3.8) is 0 Å². The van der Waals surface area contributed by atoms with E-state index in [1.807, 2.05) is 60.7 Å². The first-order chi connectivity index (χ1) is 21.0. The molecule has 1 aromatic heterocycles. The first kappa shape index (κ1) is 30.4. The number of nitrogens with one attached hydrogen (secondary N) is 2. The van der Waals surface area contributed by atoms with Crippen LogP contribution in [0.2, 0.25) is 0 Å². The highest BCUT2D eigenvalue weighted by Crippen LogP contribution is 2.24. The molecule has 228 valence electrons. The molecule has 2 aliphatic rings. The van der Waals surface area contributed by atoms with Crippen LogP contribution in [0.1, 0.15) is 83.5 Å². The quantitative estimate of drug-likeness (QED) is 0.284. The third-order valence-electron chi connectivity index (χ3n) is 8.21. The summed E-state index contributed by atoms with van der Waals surface area (Å²) in [6.07, 6.45) is 6.83. The number of carbonyl (C=O) groups is 3. The first-order valence-corrected chi connectivity index (χ1v) is 15.2. The van der Waals surface area contributed by atoms with Crippen molar-refractivity contribution in [1.29, 1.82) is 0 Å². The molecular formula is C33H40N4O6. The monoisotopic (exact) mass is 588 g/mol. The van der Waals surface area contributed by atoms with E-state index in [1.54, 1.807) is 0 Å². The van der Waals surface area contributed by atoms with E-state index >= 15 is 0 Å². The van der Waals surface area contributed by atoms with Crippen molar-refractivity contribution < 1.29 is 29.0 Å². The molecule has 0 aliphatic heterocycles. The molecule has 10 heteroatoms. The van der Waals surface area contributed by atoms with E-state index in [1.165, 1.54) is 10.7 Å². The summed E-state index contributed by atoms with van der Waals surface area (Å²) in [5.74, 6) is -2.10. The number of ether oxygens (including phenoxy) is 2. The summed E-state index contributed by atoms with van der Waals surface area (Å²) in [6.45, 7) is 0.619. The van der Waals surface area contributed by atoms with Gasteiger partial charge in [0.2, 0.25) is 5.91 Å². The minimum atomic E-state index is -1.27. The van der Waals surface area contributed by atoms with Crippen molar-refractivity contribution >= 4 is 17.8 Å². The second-order valence-electron chi connectivity index (χ2n) is 11.4. The highest BCUT2D eigenvalue weighted by molar-refractivity contribution is 5.96. The molecule has 2 aromatic carbocycles. The van der Waals surface area contributed by atoms with Gasteiger partial charge in [-0.2, -0.15) is 5.10 Å². The van der Waals surface area contributed by atoms with Crippen LogP contribution in [0.25, 0.3) is 0 Å². The van der Waals surface area contributed by atoms with Crippen LogP contribution in [0.5, 0.6) is 0 Å². The van der Waals surface area contributed by atoms with Gasteiger partial charge in [-0.1, -0.05) is 86.3 Å². The largest absolute Gasteiger partial charge is 0.476 e. The van der Waals surface area contributed by atoms with Crippen LogP contribution in [-0.2, 0) is 34.0 Å². The number of carbonyl (C=O) groups excluding carboxylic acids is 2. The van der Waals surface area contributed by atoms with Gasteiger partial charge in [-0.3, -0.25) is 9.59 Å². The Labute approximate surface area is 251 Å². The van der Waals surface area contributed by atoms with Gasteiger partial charge >= 0.3 is 5.97 Å². The second-order valence-corrected chi connectivity index (χ2v) is 11.4. The van der Waals surface area contributed by atoms with Crippen molar-refractivity contribution in [2.75, 3.05) is 0 Å². The van der Waals surface area contributed by atoms with Crippen molar-refractivity contribution in [1.82, 2.24) is 20.4 Å². The lowest BCUT2D eigenvalue weighted by molar-refractivity contribution is -0.124. The molecule has 3 aromatic rings. The van der Waals surface area contributed by atoms with E-state index in [4.69, 9.17) is 9.47 Å². The number of aromatic carboxylic acids is 1. The lowest BCUT2D eigenvalue weighted by Crippen LogP contribution is -2.48. The number of carboxylic acids is 1. The lowest BCUT2D eigenvalue weighted by atomic mass is 9.92. The van der Waals surface area contributed by atoms with E-state index in [2.05, 4.69) is 15.7 Å². The van der Waals surface area contributed by atoms with Gasteiger partial charge in [0, 0.05) is 6.07 Å². The van der Waals surface area contributed by atoms with Gasteiger partial charge in [0.05, 0.1) is 37.5 Å². The Morgan fingerprint density at radius 3 is 1.81 bits per heavy atom. The van der Waals surface area contributed by atoms with E-state index < -0.39 is 11.9 Å². The number of nitrogens with zero attached hydrogens (tertiary/aromatic N) is 2. The fourth-order valence-corrected chi connectivity index (χ4v) is 5.93. The van der Waals surface area contributed by atoms with Gasteiger partial charge in [0.25, 0.3) is 5.91 Å². The molecule has 5 rings (SSSR count). The number of rotatable bonds is 12. The van der Waals surface area contributed by atoms with Crippen LogP contribution >= 0.6 is 0 Å². The molecule has 2 fully saturated rings. The molecule has 2 saturated carbocycles. The zero-order chi connectivity index (χ0) is 30.0. The van der Waals surface area contributed by atoms with Gasteiger partial charge in [-0.15, -0.1) is 0 Å². The first-order valence-electron chi connectivity index (χ1n) is 15.2. The molecule has 0 saturated heterocycles. The van der Waals surface area contributed by atoms with Gasteiger partial charge < -0.3 is 25.2 Å². The van der Waals surface area contributed by atoms with Crippen LogP contribution in [0.3, 0.4) is 0 Å². The molecule has 3 N–H and O–H groups in total. The SMILES string of the molecule is O=C(Cn1nc(C(=O)O)cc1C(=O)N[C@@H]1CCCC[C@H]1OCc1ccccc1)N[C@H]1CCCC[C@@H]1OCc1ccccc1. The average molecular weight is 589 g/mol. The predicted octanol–water partition coefficient (Wildman–Crippen LogP) is 4.48. The molecule has 1 heterocycles. The smallest absolute Gasteiger partial charge is 0.356 e. The number of aromatic nitrogens is 2. The standard InChI is InChI=1S/C33H40N4O6/c38-31(34-25-15-7-9-17-29(25)42-21-23-11-3-1-4-12-23)20-37-28(19-27(36-37)33(40)41)32(39)35-26-16-8-10-18-30(26)43-22-24-13-5-2-6-14-24/h1-6,11-14,19,25-26,29-30H,7-10,15-18,20-22H2,(H,34,38)(H,35,39)(H,40,41)/t25-,26+,29-,30+/m0/s1. The number of carboxylic acid groups (broad SMARTS) is 1. The van der Waals surface area contributed by atoms with Crippen LogP contribution in [0, 0.1) is 0 Å². The molecule has 0 bridgehead atoms. The molecule has 43 heavy (non-hydrogen) atoms. The fourth-order valence-electron chi connectivity index (χ4n) is 5.93. The number of hydrogen-bond acceptors (Lipinski definition) is 6. The third-order valence-corrected chi connectivity index (χ3v) is 8.21. The summed E-state index contributed by atoms with van der Waals surface area (Å²) < 4.78 is 13.6. The Hall–Kier alpha value is -4.02. The topological polar surface area (TPSA) is 132 Å². The minimum absolute atomic E-state index is 0.0282. The summed E-state index contributed by atoms with van der Waals surface area (Å²) >= 11 is 0. The summed E-state index contributed by atoms with van der Waals surface area (Å²) in [5.41, 5.74) is 1.86. The molecule has 10 nitrogen and oxygen atoms in total. The minimum Gasteiger partial charge on any atom is -0.476 e. The fraction of sp³-hybridized carbons (Fsp3) is 0.455. The zero-order valence-corrected chi connectivity index (χ0v) is 24.3. The maximum Gasteiger partial charge on any atom is 0.356 e. The molecular weight excluding hydrogens is 548 g/mol. The normalized spacial score (nSPS) is 22.0. The number of amides is 2. The maximum atomic E-state index is 13.5. The van der Waals surface area contributed by atoms with Crippen LogP contribution in [-0.4, -0.2) is 57.0 Å². The summed E-state index contributed by atoms with van der Waals surface area (Å²) in [7, 11) is 0. The Morgan fingerprint density at radius 2 is 1.28 bits per heavy atom. The van der Waals surface area contributed by atoms with E-state index in [0.717, 1.165) is 62.5 Å². The number of hydrogen-bond donors (Lipinski definition) is 3. The summed E-state index contributed by atoms with van der Waals surface area (Å²) in [5, 5.41) is 19.8. The highest BCUT2D eigenvalue weighted by Gasteiger charge is 2.31. The van der Waals surface area contributed by atoms with Crippen molar-refractivity contribution in [3.05, 3.63) is 89.2 Å². The third kappa shape index (κ3) is 8.52. The molecule has 0 unspecified atom stereocenters. The highest BCUT2D eigenvalue weighted by atomic mass is 16.5. The van der Waals surface area contributed by atoms with Gasteiger partial charge in [0.1, 0.15) is 12.2 Å². The van der Waals surface area contributed by atoms with Crippen molar-refractivity contribution in [2.24, 2.45) is 0 Å². The van der Waals surface area contributed by atoms with Crippen molar-refractivity contribution in [2.45, 2.75) is 95.4 Å². The van der Waals surface area contributed by atoms with Crippen LogP contribution in [0.15, 0.2) is 66.7 Å². The average Bonchev–Trinajstić information content (AvgIpc) is 3.45. The zero-order valence-electron chi connectivity index (χ0n) is 24.3. The Morgan fingerprint density at radius 1 is 0.767 bits per heavy atom. The molecule has 0 spiro atoms. The Bertz CT molecular complexity index is 1360. The molecule has 2 aliphatic carbocycles. The Kier molecular flexibility index (Phi) is 10.6. The lowest BCUT2D eigenvalue weighted by Gasteiger charge is -2.32. The van der Waals surface area contributed by atoms with E-state index in [9.17, 15) is 19.5 Å². The van der Waals surface area contributed by atoms with Crippen molar-refractivity contribution in [3.8, 4) is 0 Å². The molecule has 4 atom stereocenters. The predicted molar refractivity (Wildman–Crippen MR) is 159 cm³/mol. The second kappa shape index (κ2) is 14.9. The van der Waals surface area contributed by atoms with E-state index in [-0.39, 0.29) is 48.1 Å². The molecule has 0 radical (unpaired) electrons. The van der Waals surface area contributed by atoms with Gasteiger partial charge in [0.15, 0.2) is 5.69 Å². The summed E-state index contributed by atoms with van der Waals surface area (Å²) in [4.78, 5) is 38.4. The Balaban J connectivity index is 1.22. The van der Waals surface area contributed by atoms with Crippen LogP contribution < -0.4 is 10.6 Å². The van der Waals surface area contributed by atoms with Gasteiger partial charge in [-0.05, 0) is 36.8 Å². The van der Waals surface area contributed by atoms with Crippen LogP contribution in [0.4, 0.5) is 0 Å². The van der Waals surface area contributed by atoms with E-state index in [0.29, 0.717) is 13.2 Å². The number of benzene rings is 2. The van der Waals surface area contributed by atoms with Gasteiger partial charge in [-0.25, -0.2) is 9.48 Å². The maximum absolute atomic E-state index is 13.5.